The van der Waals surface area contributed by atoms with Gasteiger partial charge in [-0.15, -0.1) is 0 Å². The van der Waals surface area contributed by atoms with E-state index in [-0.39, 0.29) is 5.56 Å². The van der Waals surface area contributed by atoms with Gasteiger partial charge in [-0.05, 0) is 6.07 Å². The molecule has 1 aromatic carbocycles. The summed E-state index contributed by atoms with van der Waals surface area (Å²) < 4.78 is 18.8. The Morgan fingerprint density at radius 2 is 2.00 bits per heavy atom. The Labute approximate surface area is 98.6 Å². The Kier molecular flexibility index (Phi) is 3.71. The van der Waals surface area contributed by atoms with E-state index in [4.69, 9.17) is 4.74 Å². The first-order valence-corrected chi connectivity index (χ1v) is 5.49. The molecule has 1 fully saturated rings. The lowest BCUT2D eigenvalue weighted by Crippen LogP contribution is -2.42. The van der Waals surface area contributed by atoms with Crippen LogP contribution in [-0.2, 0) is 9.53 Å². The molecule has 1 aromatic rings. The van der Waals surface area contributed by atoms with Gasteiger partial charge >= 0.3 is 5.97 Å². The highest BCUT2D eigenvalue weighted by molar-refractivity contribution is 5.75. The van der Waals surface area contributed by atoms with Crippen LogP contribution in [-0.4, -0.2) is 42.3 Å². The van der Waals surface area contributed by atoms with Gasteiger partial charge in [0, 0.05) is 18.7 Å². The summed E-state index contributed by atoms with van der Waals surface area (Å²) in [5, 5.41) is 9.25. The number of hydrogen-bond acceptors (Lipinski definition) is 3. The second-order valence-electron chi connectivity index (χ2n) is 3.91. The Hall–Kier alpha value is -1.46. The van der Waals surface area contributed by atoms with E-state index in [9.17, 15) is 14.3 Å². The third kappa shape index (κ3) is 2.62. The summed E-state index contributed by atoms with van der Waals surface area (Å²) in [6.07, 6.45) is 0. The van der Waals surface area contributed by atoms with Gasteiger partial charge in [-0.25, -0.2) is 4.39 Å². The fourth-order valence-corrected chi connectivity index (χ4v) is 2.02. The highest BCUT2D eigenvalue weighted by atomic mass is 19.1. The number of morpholine rings is 1. The molecule has 1 saturated heterocycles. The molecule has 1 aliphatic heterocycles. The fourth-order valence-electron chi connectivity index (χ4n) is 2.02. The van der Waals surface area contributed by atoms with E-state index in [1.54, 1.807) is 17.0 Å². The lowest BCUT2D eigenvalue weighted by molar-refractivity contribution is -0.145. The minimum absolute atomic E-state index is 0.210. The van der Waals surface area contributed by atoms with E-state index < -0.39 is 17.8 Å². The third-order valence-corrected chi connectivity index (χ3v) is 2.84. The zero-order chi connectivity index (χ0) is 12.3. The largest absolute Gasteiger partial charge is 0.480 e. The average molecular weight is 239 g/mol. The molecule has 1 N–H and O–H groups in total. The zero-order valence-electron chi connectivity index (χ0n) is 9.30. The van der Waals surface area contributed by atoms with E-state index in [1.165, 1.54) is 12.1 Å². The summed E-state index contributed by atoms with van der Waals surface area (Å²) in [5.74, 6) is -1.51. The van der Waals surface area contributed by atoms with Crippen LogP contribution in [0.15, 0.2) is 24.3 Å². The Bertz CT molecular complexity index is 404. The predicted molar refractivity (Wildman–Crippen MR) is 59.2 cm³/mol. The predicted octanol–water partition coefficient (Wildman–Crippen LogP) is 1.28. The van der Waals surface area contributed by atoms with E-state index >= 15 is 0 Å². The zero-order valence-corrected chi connectivity index (χ0v) is 9.30. The second kappa shape index (κ2) is 5.25. The normalized spacial score (nSPS) is 18.9. The molecular formula is C12H14FNO3. The molecule has 0 saturated carbocycles. The van der Waals surface area contributed by atoms with Crippen molar-refractivity contribution in [3.63, 3.8) is 0 Å². The number of carbonyl (C=O) groups is 1. The first kappa shape index (κ1) is 12.0. The van der Waals surface area contributed by atoms with Crippen LogP contribution in [0, 0.1) is 5.82 Å². The lowest BCUT2D eigenvalue weighted by atomic mass is 10.0. The van der Waals surface area contributed by atoms with Crippen molar-refractivity contribution < 1.29 is 19.0 Å². The Morgan fingerprint density at radius 1 is 1.35 bits per heavy atom. The number of halogens is 1. The van der Waals surface area contributed by atoms with Gasteiger partial charge < -0.3 is 9.84 Å². The van der Waals surface area contributed by atoms with Crippen molar-refractivity contribution >= 4 is 5.97 Å². The van der Waals surface area contributed by atoms with Gasteiger partial charge in [0.25, 0.3) is 0 Å². The van der Waals surface area contributed by atoms with Crippen LogP contribution in [0.25, 0.3) is 0 Å². The smallest absolute Gasteiger partial charge is 0.325 e. The number of benzene rings is 1. The number of carboxylic acid groups (broad SMARTS) is 1. The fraction of sp³-hybridized carbons (Fsp3) is 0.417. The first-order valence-electron chi connectivity index (χ1n) is 5.49. The minimum atomic E-state index is -1.03. The van der Waals surface area contributed by atoms with Crippen molar-refractivity contribution in [2.75, 3.05) is 26.3 Å². The second-order valence-corrected chi connectivity index (χ2v) is 3.91. The van der Waals surface area contributed by atoms with Crippen LogP contribution >= 0.6 is 0 Å². The van der Waals surface area contributed by atoms with Crippen molar-refractivity contribution in [1.29, 1.82) is 0 Å². The molecule has 1 atom stereocenters. The van der Waals surface area contributed by atoms with Gasteiger partial charge in [0.05, 0.1) is 13.2 Å². The van der Waals surface area contributed by atoms with Gasteiger partial charge in [0.15, 0.2) is 0 Å². The van der Waals surface area contributed by atoms with Crippen molar-refractivity contribution in [3.05, 3.63) is 35.6 Å². The van der Waals surface area contributed by atoms with Gasteiger partial charge in [0.1, 0.15) is 11.9 Å². The molecule has 2 rings (SSSR count). The van der Waals surface area contributed by atoms with Crippen LogP contribution in [0.3, 0.4) is 0 Å². The molecule has 0 spiro atoms. The third-order valence-electron chi connectivity index (χ3n) is 2.84. The SMILES string of the molecule is O=C(O)C(c1ccccc1F)N1CCOCC1. The summed E-state index contributed by atoms with van der Waals surface area (Å²) in [5.41, 5.74) is 0.210. The van der Waals surface area contributed by atoms with Crippen LogP contribution in [0.2, 0.25) is 0 Å². The topological polar surface area (TPSA) is 49.8 Å². The summed E-state index contributed by atoms with van der Waals surface area (Å²) in [4.78, 5) is 13.0. The molecule has 17 heavy (non-hydrogen) atoms. The van der Waals surface area contributed by atoms with Crippen LogP contribution < -0.4 is 0 Å². The molecule has 1 unspecified atom stereocenters. The molecular weight excluding hydrogens is 225 g/mol. The Balaban J connectivity index is 2.28. The van der Waals surface area contributed by atoms with Crippen molar-refractivity contribution in [2.24, 2.45) is 0 Å². The standard InChI is InChI=1S/C12H14FNO3/c13-10-4-2-1-3-9(10)11(12(15)16)14-5-7-17-8-6-14/h1-4,11H,5-8H2,(H,15,16). The van der Waals surface area contributed by atoms with Crippen molar-refractivity contribution in [2.45, 2.75) is 6.04 Å². The molecule has 1 heterocycles. The van der Waals surface area contributed by atoms with E-state index in [1.807, 2.05) is 0 Å². The first-order chi connectivity index (χ1) is 8.20. The lowest BCUT2D eigenvalue weighted by Gasteiger charge is -2.32. The molecule has 0 bridgehead atoms. The quantitative estimate of drug-likeness (QED) is 0.863. The average Bonchev–Trinajstić information content (AvgIpc) is 2.33. The van der Waals surface area contributed by atoms with Crippen LogP contribution in [0.4, 0.5) is 4.39 Å². The van der Waals surface area contributed by atoms with Crippen LogP contribution in [0.1, 0.15) is 11.6 Å². The summed E-state index contributed by atoms with van der Waals surface area (Å²) in [6.45, 7) is 1.98. The summed E-state index contributed by atoms with van der Waals surface area (Å²) >= 11 is 0. The van der Waals surface area contributed by atoms with Gasteiger partial charge in [-0.2, -0.15) is 0 Å². The number of aliphatic carboxylic acids is 1. The van der Waals surface area contributed by atoms with Crippen molar-refractivity contribution in [1.82, 2.24) is 4.90 Å². The monoisotopic (exact) mass is 239 g/mol. The number of carboxylic acids is 1. The maximum atomic E-state index is 13.6. The summed E-state index contributed by atoms with van der Waals surface area (Å²) in [6, 6.07) is 5.07. The van der Waals surface area contributed by atoms with Gasteiger partial charge in [0.2, 0.25) is 0 Å². The highest BCUT2D eigenvalue weighted by Gasteiger charge is 2.30. The van der Waals surface area contributed by atoms with E-state index in [0.29, 0.717) is 26.3 Å². The number of ether oxygens (including phenoxy) is 1. The van der Waals surface area contributed by atoms with Crippen molar-refractivity contribution in [3.8, 4) is 0 Å². The highest BCUT2D eigenvalue weighted by Crippen LogP contribution is 2.24. The van der Waals surface area contributed by atoms with E-state index in [2.05, 4.69) is 0 Å². The molecule has 4 nitrogen and oxygen atoms in total. The molecule has 5 heteroatoms. The summed E-state index contributed by atoms with van der Waals surface area (Å²) in [7, 11) is 0. The van der Waals surface area contributed by atoms with Gasteiger partial charge in [-0.3, -0.25) is 9.69 Å². The van der Waals surface area contributed by atoms with Gasteiger partial charge in [-0.1, -0.05) is 18.2 Å². The van der Waals surface area contributed by atoms with Crippen LogP contribution in [0.5, 0.6) is 0 Å². The number of hydrogen-bond donors (Lipinski definition) is 1. The molecule has 92 valence electrons. The Morgan fingerprint density at radius 3 is 2.59 bits per heavy atom. The number of rotatable bonds is 3. The molecule has 1 aliphatic rings. The maximum Gasteiger partial charge on any atom is 0.325 e. The molecule has 0 radical (unpaired) electrons. The maximum absolute atomic E-state index is 13.6. The molecule has 0 aliphatic carbocycles. The molecule has 0 amide bonds. The molecule has 0 aromatic heterocycles. The van der Waals surface area contributed by atoms with E-state index in [0.717, 1.165) is 0 Å². The number of nitrogens with zero attached hydrogens (tertiary/aromatic N) is 1. The minimum Gasteiger partial charge on any atom is -0.480 e.